The van der Waals surface area contributed by atoms with Crippen molar-refractivity contribution in [2.45, 2.75) is 6.92 Å². The van der Waals surface area contributed by atoms with Gasteiger partial charge in [0.05, 0.1) is 5.75 Å². The van der Waals surface area contributed by atoms with Crippen molar-refractivity contribution in [1.29, 1.82) is 0 Å². The van der Waals surface area contributed by atoms with Crippen molar-refractivity contribution < 1.29 is 14.7 Å². The first kappa shape index (κ1) is 15.0. The molecule has 4 nitrogen and oxygen atoms in total. The number of rotatable bonds is 6. The summed E-state index contributed by atoms with van der Waals surface area (Å²) >= 11 is 4.61. The summed E-state index contributed by atoms with van der Waals surface area (Å²) in [6, 6.07) is 5.53. The number of halogens is 1. The third-order valence-electron chi connectivity index (χ3n) is 2.20. The number of carbonyl (C=O) groups is 2. The van der Waals surface area contributed by atoms with E-state index in [-0.39, 0.29) is 11.7 Å². The Morgan fingerprint density at radius 1 is 1.44 bits per heavy atom. The Kier molecular flexibility index (Phi) is 6.21. The molecule has 0 spiro atoms. The standard InChI is InChI=1S/C12H14BrNO3S/c1-8-2-3-9(13)6-10(8)12(17)14-4-5-18-7-11(15)16/h2-3,6H,4-5,7H2,1H3,(H,14,17)(H,15,16). The van der Waals surface area contributed by atoms with Crippen LogP contribution < -0.4 is 5.32 Å². The predicted octanol–water partition coefficient (Wildman–Crippen LogP) is 2.31. The molecule has 6 heteroatoms. The van der Waals surface area contributed by atoms with Gasteiger partial charge in [-0.1, -0.05) is 22.0 Å². The summed E-state index contributed by atoms with van der Waals surface area (Å²) in [6.45, 7) is 2.34. The van der Waals surface area contributed by atoms with E-state index in [2.05, 4.69) is 21.2 Å². The lowest BCUT2D eigenvalue weighted by molar-refractivity contribution is -0.133. The maximum absolute atomic E-state index is 11.9. The quantitative estimate of drug-likeness (QED) is 0.785. The molecule has 0 bridgehead atoms. The van der Waals surface area contributed by atoms with Crippen molar-refractivity contribution in [3.05, 3.63) is 33.8 Å². The summed E-state index contributed by atoms with van der Waals surface area (Å²) in [6.07, 6.45) is 0. The summed E-state index contributed by atoms with van der Waals surface area (Å²) in [7, 11) is 0. The van der Waals surface area contributed by atoms with Crippen LogP contribution in [0.5, 0.6) is 0 Å². The second-order valence-corrected chi connectivity index (χ2v) is 5.68. The minimum absolute atomic E-state index is 0.0613. The summed E-state index contributed by atoms with van der Waals surface area (Å²) in [5.74, 6) is -0.324. The third-order valence-corrected chi connectivity index (χ3v) is 3.64. The molecule has 2 N–H and O–H groups in total. The topological polar surface area (TPSA) is 66.4 Å². The number of thioether (sulfide) groups is 1. The van der Waals surface area contributed by atoms with Gasteiger partial charge >= 0.3 is 5.97 Å². The second kappa shape index (κ2) is 7.43. The number of carboxylic acid groups (broad SMARTS) is 1. The average molecular weight is 332 g/mol. The Morgan fingerprint density at radius 3 is 2.83 bits per heavy atom. The second-order valence-electron chi connectivity index (χ2n) is 3.66. The van der Waals surface area contributed by atoms with Crippen LogP contribution in [0, 0.1) is 6.92 Å². The van der Waals surface area contributed by atoms with E-state index >= 15 is 0 Å². The molecule has 0 aliphatic rings. The van der Waals surface area contributed by atoms with Gasteiger partial charge in [-0.3, -0.25) is 9.59 Å². The lowest BCUT2D eigenvalue weighted by Gasteiger charge is -2.07. The fourth-order valence-corrected chi connectivity index (χ4v) is 2.26. The van der Waals surface area contributed by atoms with Gasteiger partial charge in [0.1, 0.15) is 0 Å². The van der Waals surface area contributed by atoms with Crippen LogP contribution in [0.3, 0.4) is 0 Å². The molecule has 1 aromatic carbocycles. The van der Waals surface area contributed by atoms with Crippen LogP contribution in [-0.2, 0) is 4.79 Å². The number of amides is 1. The van der Waals surface area contributed by atoms with Gasteiger partial charge in [-0.15, -0.1) is 11.8 Å². The van der Waals surface area contributed by atoms with Gasteiger partial charge in [-0.05, 0) is 24.6 Å². The zero-order valence-corrected chi connectivity index (χ0v) is 12.3. The molecule has 1 amide bonds. The number of nitrogens with one attached hydrogen (secondary N) is 1. The van der Waals surface area contributed by atoms with Gasteiger partial charge in [0.15, 0.2) is 0 Å². The highest BCUT2D eigenvalue weighted by molar-refractivity contribution is 9.10. The molecule has 0 saturated carbocycles. The Bertz CT molecular complexity index is 451. The highest BCUT2D eigenvalue weighted by Crippen LogP contribution is 2.15. The van der Waals surface area contributed by atoms with Crippen molar-refractivity contribution in [2.24, 2.45) is 0 Å². The number of hydrogen-bond donors (Lipinski definition) is 2. The highest BCUT2D eigenvalue weighted by Gasteiger charge is 2.08. The van der Waals surface area contributed by atoms with Gasteiger partial charge in [0.2, 0.25) is 0 Å². The Labute approximate surface area is 118 Å². The summed E-state index contributed by atoms with van der Waals surface area (Å²) in [5, 5.41) is 11.2. The Balaban J connectivity index is 2.41. The van der Waals surface area contributed by atoms with Crippen molar-refractivity contribution >= 4 is 39.6 Å². The molecule has 0 radical (unpaired) electrons. The molecule has 98 valence electrons. The molecule has 0 aromatic heterocycles. The van der Waals surface area contributed by atoms with E-state index in [0.717, 1.165) is 10.0 Å². The lowest BCUT2D eigenvalue weighted by Crippen LogP contribution is -2.26. The fraction of sp³-hybridized carbons (Fsp3) is 0.333. The summed E-state index contributed by atoms with van der Waals surface area (Å²) < 4.78 is 0.860. The molecule has 0 atom stereocenters. The summed E-state index contributed by atoms with van der Waals surface area (Å²) in [5.41, 5.74) is 1.54. The monoisotopic (exact) mass is 331 g/mol. The van der Waals surface area contributed by atoms with Crippen molar-refractivity contribution in [3.63, 3.8) is 0 Å². The first-order valence-corrected chi connectivity index (χ1v) is 7.29. The van der Waals surface area contributed by atoms with Crippen LogP contribution in [-0.4, -0.2) is 35.0 Å². The largest absolute Gasteiger partial charge is 0.481 e. The molecule has 0 heterocycles. The molecule has 0 saturated heterocycles. The van der Waals surface area contributed by atoms with Crippen molar-refractivity contribution in [3.8, 4) is 0 Å². The highest BCUT2D eigenvalue weighted by atomic mass is 79.9. The van der Waals surface area contributed by atoms with Gasteiger partial charge in [0.25, 0.3) is 5.91 Å². The Morgan fingerprint density at radius 2 is 2.17 bits per heavy atom. The van der Waals surface area contributed by atoms with E-state index in [1.165, 1.54) is 11.8 Å². The lowest BCUT2D eigenvalue weighted by atomic mass is 10.1. The minimum atomic E-state index is -0.839. The normalized spacial score (nSPS) is 10.1. The SMILES string of the molecule is Cc1ccc(Br)cc1C(=O)NCCSCC(=O)O. The maximum atomic E-state index is 11.9. The number of carbonyl (C=O) groups excluding carboxylic acids is 1. The number of benzene rings is 1. The first-order chi connectivity index (χ1) is 8.50. The van der Waals surface area contributed by atoms with E-state index in [9.17, 15) is 9.59 Å². The number of hydrogen-bond acceptors (Lipinski definition) is 3. The van der Waals surface area contributed by atoms with E-state index in [1.54, 1.807) is 6.07 Å². The van der Waals surface area contributed by atoms with E-state index in [1.807, 2.05) is 19.1 Å². The van der Waals surface area contributed by atoms with Gasteiger partial charge in [0, 0.05) is 22.3 Å². The number of carboxylic acids is 1. The molecule has 0 unspecified atom stereocenters. The summed E-state index contributed by atoms with van der Waals surface area (Å²) in [4.78, 5) is 22.1. The molecule has 0 fully saturated rings. The molecular weight excluding hydrogens is 318 g/mol. The van der Waals surface area contributed by atoms with E-state index in [4.69, 9.17) is 5.11 Å². The zero-order chi connectivity index (χ0) is 13.5. The van der Waals surface area contributed by atoms with Gasteiger partial charge in [-0.25, -0.2) is 0 Å². The van der Waals surface area contributed by atoms with Crippen LogP contribution in [0.25, 0.3) is 0 Å². The number of aliphatic carboxylic acids is 1. The van der Waals surface area contributed by atoms with Gasteiger partial charge in [-0.2, -0.15) is 0 Å². The van der Waals surface area contributed by atoms with Crippen LogP contribution in [0.4, 0.5) is 0 Å². The first-order valence-electron chi connectivity index (χ1n) is 5.34. The van der Waals surface area contributed by atoms with Crippen LogP contribution >= 0.6 is 27.7 Å². The molecule has 1 aromatic rings. The van der Waals surface area contributed by atoms with Crippen LogP contribution in [0.15, 0.2) is 22.7 Å². The smallest absolute Gasteiger partial charge is 0.313 e. The minimum Gasteiger partial charge on any atom is -0.481 e. The molecule has 0 aliphatic heterocycles. The van der Waals surface area contributed by atoms with E-state index < -0.39 is 5.97 Å². The van der Waals surface area contributed by atoms with Gasteiger partial charge < -0.3 is 10.4 Å². The molecule has 0 aliphatic carbocycles. The fourth-order valence-electron chi connectivity index (χ4n) is 1.33. The maximum Gasteiger partial charge on any atom is 0.313 e. The predicted molar refractivity (Wildman–Crippen MR) is 76.2 cm³/mol. The van der Waals surface area contributed by atoms with Crippen LogP contribution in [0.1, 0.15) is 15.9 Å². The molecule has 1 rings (SSSR count). The van der Waals surface area contributed by atoms with Crippen LogP contribution in [0.2, 0.25) is 0 Å². The third kappa shape index (κ3) is 5.10. The molecular formula is C12H14BrNO3S. The zero-order valence-electron chi connectivity index (χ0n) is 9.90. The number of aryl methyl sites for hydroxylation is 1. The van der Waals surface area contributed by atoms with E-state index in [0.29, 0.717) is 17.9 Å². The Hall–Kier alpha value is -1.01. The molecule has 18 heavy (non-hydrogen) atoms. The van der Waals surface area contributed by atoms with Crippen molar-refractivity contribution in [2.75, 3.05) is 18.1 Å². The van der Waals surface area contributed by atoms with Crippen molar-refractivity contribution in [1.82, 2.24) is 5.32 Å². The average Bonchev–Trinajstić information content (AvgIpc) is 2.31.